The van der Waals surface area contributed by atoms with E-state index in [2.05, 4.69) is 10.3 Å². The van der Waals surface area contributed by atoms with Gasteiger partial charge in [0.25, 0.3) is 0 Å². The summed E-state index contributed by atoms with van der Waals surface area (Å²) in [5, 5.41) is 4.65. The maximum atomic E-state index is 11.7. The first kappa shape index (κ1) is 14.4. The minimum Gasteiger partial charge on any atom is -0.375 e. The van der Waals surface area contributed by atoms with Gasteiger partial charge in [0.2, 0.25) is 5.91 Å². The highest BCUT2D eigenvalue weighted by Gasteiger charge is 2.22. The summed E-state index contributed by atoms with van der Waals surface area (Å²) in [6, 6.07) is 0.494. The summed E-state index contributed by atoms with van der Waals surface area (Å²) < 4.78 is 4.88. The molecule has 1 amide bonds. The second-order valence-corrected chi connectivity index (χ2v) is 6.13. The number of methoxy groups -OCH3 is 1. The molecule has 0 radical (unpaired) electrons. The number of ether oxygens (including phenoxy) is 1. The van der Waals surface area contributed by atoms with Crippen molar-refractivity contribution >= 4 is 17.2 Å². The van der Waals surface area contributed by atoms with Gasteiger partial charge < -0.3 is 15.0 Å². The molecule has 1 N–H and O–H groups in total. The molecule has 2 heterocycles. The molecule has 1 aromatic rings. The molecule has 0 saturated carbocycles. The number of hydrogen-bond acceptors (Lipinski definition) is 5. The first-order chi connectivity index (χ1) is 9.19. The van der Waals surface area contributed by atoms with Crippen LogP contribution in [0.1, 0.15) is 22.7 Å². The van der Waals surface area contributed by atoms with Crippen molar-refractivity contribution in [1.29, 1.82) is 0 Å². The average molecular weight is 283 g/mol. The predicted molar refractivity (Wildman–Crippen MR) is 75.2 cm³/mol. The fourth-order valence-corrected chi connectivity index (χ4v) is 3.03. The largest absolute Gasteiger partial charge is 0.375 e. The Kier molecular flexibility index (Phi) is 5.30. The van der Waals surface area contributed by atoms with Gasteiger partial charge in [-0.2, -0.15) is 0 Å². The monoisotopic (exact) mass is 283 g/mol. The SMILES string of the molecule is COCC(=O)N1CCC(NCc2cnc(C)s2)CC1. The Morgan fingerprint density at radius 3 is 2.89 bits per heavy atom. The smallest absolute Gasteiger partial charge is 0.248 e. The summed E-state index contributed by atoms with van der Waals surface area (Å²) in [5.74, 6) is 0.0963. The Morgan fingerprint density at radius 1 is 1.58 bits per heavy atom. The molecule has 0 aliphatic carbocycles. The van der Waals surface area contributed by atoms with Gasteiger partial charge in [0.15, 0.2) is 0 Å². The molecule has 106 valence electrons. The highest BCUT2D eigenvalue weighted by molar-refractivity contribution is 7.11. The molecule has 19 heavy (non-hydrogen) atoms. The number of nitrogens with one attached hydrogen (secondary N) is 1. The molecule has 0 atom stereocenters. The summed E-state index contributed by atoms with van der Waals surface area (Å²) in [6.07, 6.45) is 3.95. The van der Waals surface area contributed by atoms with E-state index < -0.39 is 0 Å². The van der Waals surface area contributed by atoms with Gasteiger partial charge in [0.05, 0.1) is 5.01 Å². The van der Waals surface area contributed by atoms with E-state index >= 15 is 0 Å². The summed E-state index contributed by atoms with van der Waals surface area (Å²) in [6.45, 7) is 4.73. The minimum atomic E-state index is 0.0963. The molecule has 0 aromatic carbocycles. The van der Waals surface area contributed by atoms with Crippen molar-refractivity contribution < 1.29 is 9.53 Å². The Hall–Kier alpha value is -0.980. The Balaban J connectivity index is 1.70. The Labute approximate surface area is 118 Å². The molecule has 1 fully saturated rings. The lowest BCUT2D eigenvalue weighted by molar-refractivity contribution is -0.136. The van der Waals surface area contributed by atoms with Gasteiger partial charge in [-0.05, 0) is 19.8 Å². The van der Waals surface area contributed by atoms with E-state index in [4.69, 9.17) is 4.74 Å². The van der Waals surface area contributed by atoms with Crippen LogP contribution in [0.3, 0.4) is 0 Å². The third-order valence-corrected chi connectivity index (χ3v) is 4.26. The van der Waals surface area contributed by atoms with Crippen LogP contribution in [0, 0.1) is 6.92 Å². The van der Waals surface area contributed by atoms with E-state index in [1.54, 1.807) is 18.4 Å². The highest BCUT2D eigenvalue weighted by atomic mass is 32.1. The number of thiazole rings is 1. The molecule has 0 unspecified atom stereocenters. The topological polar surface area (TPSA) is 54.5 Å². The molecule has 1 aromatic heterocycles. The summed E-state index contributed by atoms with van der Waals surface area (Å²) in [4.78, 5) is 19.1. The van der Waals surface area contributed by atoms with Crippen molar-refractivity contribution in [2.45, 2.75) is 32.4 Å². The summed E-state index contributed by atoms with van der Waals surface area (Å²) in [5.41, 5.74) is 0. The highest BCUT2D eigenvalue weighted by Crippen LogP contribution is 2.14. The van der Waals surface area contributed by atoms with Crippen molar-refractivity contribution in [1.82, 2.24) is 15.2 Å². The molecule has 1 aliphatic rings. The zero-order valence-corrected chi connectivity index (χ0v) is 12.3. The normalized spacial score (nSPS) is 16.8. The molecular weight excluding hydrogens is 262 g/mol. The maximum Gasteiger partial charge on any atom is 0.248 e. The van der Waals surface area contributed by atoms with E-state index in [9.17, 15) is 4.79 Å². The van der Waals surface area contributed by atoms with Gasteiger partial charge in [-0.1, -0.05) is 0 Å². The number of amides is 1. The van der Waals surface area contributed by atoms with Crippen LogP contribution in [0.2, 0.25) is 0 Å². The van der Waals surface area contributed by atoms with Crippen LogP contribution < -0.4 is 5.32 Å². The standard InChI is InChI=1S/C13H21N3O2S/c1-10-14-7-12(19-10)8-15-11-3-5-16(6-4-11)13(17)9-18-2/h7,11,15H,3-6,8-9H2,1-2H3. The molecular formula is C13H21N3O2S. The number of aryl methyl sites for hydroxylation is 1. The zero-order chi connectivity index (χ0) is 13.7. The number of carbonyl (C=O) groups is 1. The van der Waals surface area contributed by atoms with E-state index in [1.165, 1.54) is 4.88 Å². The van der Waals surface area contributed by atoms with Crippen molar-refractivity contribution in [3.63, 3.8) is 0 Å². The number of piperidine rings is 1. The molecule has 1 saturated heterocycles. The summed E-state index contributed by atoms with van der Waals surface area (Å²) in [7, 11) is 1.56. The van der Waals surface area contributed by atoms with Crippen LogP contribution >= 0.6 is 11.3 Å². The van der Waals surface area contributed by atoms with Gasteiger partial charge in [0.1, 0.15) is 6.61 Å². The minimum absolute atomic E-state index is 0.0963. The van der Waals surface area contributed by atoms with Crippen molar-refractivity contribution in [2.24, 2.45) is 0 Å². The number of aromatic nitrogens is 1. The van der Waals surface area contributed by atoms with Crippen LogP contribution in [-0.4, -0.2) is 48.6 Å². The van der Waals surface area contributed by atoms with E-state index in [0.717, 1.165) is 37.5 Å². The number of rotatable bonds is 5. The van der Waals surface area contributed by atoms with Crippen LogP contribution in [0.25, 0.3) is 0 Å². The number of carbonyl (C=O) groups excluding carboxylic acids is 1. The zero-order valence-electron chi connectivity index (χ0n) is 11.5. The quantitative estimate of drug-likeness (QED) is 0.881. The maximum absolute atomic E-state index is 11.7. The van der Waals surface area contributed by atoms with Crippen LogP contribution in [0.5, 0.6) is 0 Å². The molecule has 6 heteroatoms. The molecule has 0 spiro atoms. The third-order valence-electron chi connectivity index (χ3n) is 3.35. The van der Waals surface area contributed by atoms with Crippen LogP contribution in [0.4, 0.5) is 0 Å². The third kappa shape index (κ3) is 4.26. The van der Waals surface area contributed by atoms with Crippen molar-refractivity contribution in [2.75, 3.05) is 26.8 Å². The van der Waals surface area contributed by atoms with Gasteiger partial charge in [-0.15, -0.1) is 11.3 Å². The Bertz CT molecular complexity index is 414. The first-order valence-electron chi connectivity index (χ1n) is 6.60. The number of hydrogen-bond donors (Lipinski definition) is 1. The van der Waals surface area contributed by atoms with E-state index in [-0.39, 0.29) is 12.5 Å². The van der Waals surface area contributed by atoms with Crippen molar-refractivity contribution in [3.05, 3.63) is 16.1 Å². The fourth-order valence-electron chi connectivity index (χ4n) is 2.28. The lowest BCUT2D eigenvalue weighted by Gasteiger charge is -2.32. The van der Waals surface area contributed by atoms with Gasteiger partial charge in [0, 0.05) is 43.9 Å². The van der Waals surface area contributed by atoms with E-state index in [1.807, 2.05) is 18.0 Å². The van der Waals surface area contributed by atoms with E-state index in [0.29, 0.717) is 6.04 Å². The molecule has 1 aliphatic heterocycles. The van der Waals surface area contributed by atoms with Crippen LogP contribution in [-0.2, 0) is 16.1 Å². The van der Waals surface area contributed by atoms with Crippen molar-refractivity contribution in [3.8, 4) is 0 Å². The molecule has 2 rings (SSSR count). The Morgan fingerprint density at radius 2 is 2.32 bits per heavy atom. The number of likely N-dealkylation sites (tertiary alicyclic amines) is 1. The lowest BCUT2D eigenvalue weighted by atomic mass is 10.1. The second-order valence-electron chi connectivity index (χ2n) is 4.81. The van der Waals surface area contributed by atoms with Crippen LogP contribution in [0.15, 0.2) is 6.20 Å². The molecule has 0 bridgehead atoms. The summed E-state index contributed by atoms with van der Waals surface area (Å²) >= 11 is 1.73. The lowest BCUT2D eigenvalue weighted by Crippen LogP contribution is -2.45. The first-order valence-corrected chi connectivity index (χ1v) is 7.42. The average Bonchev–Trinajstić information content (AvgIpc) is 2.83. The van der Waals surface area contributed by atoms with Gasteiger partial charge in [-0.25, -0.2) is 4.98 Å². The number of nitrogens with zero attached hydrogens (tertiary/aromatic N) is 2. The van der Waals surface area contributed by atoms with Gasteiger partial charge in [-0.3, -0.25) is 4.79 Å². The molecule has 5 nitrogen and oxygen atoms in total. The fraction of sp³-hybridized carbons (Fsp3) is 0.692. The predicted octanol–water partition coefficient (Wildman–Crippen LogP) is 1.18. The van der Waals surface area contributed by atoms with Gasteiger partial charge >= 0.3 is 0 Å². The second kappa shape index (κ2) is 6.98.